The number of carbonyl (C=O) groups excluding carboxylic acids is 4. The molecule has 0 spiro atoms. The molecule has 0 bridgehead atoms. The normalized spacial score (nSPS) is 15.2. The molecular formula is C24H25ClN4O5S. The van der Waals surface area contributed by atoms with Crippen LogP contribution in [0.15, 0.2) is 48.5 Å². The van der Waals surface area contributed by atoms with Gasteiger partial charge in [0.2, 0.25) is 11.8 Å². The number of esters is 1. The highest BCUT2D eigenvalue weighted by Gasteiger charge is 2.43. The predicted molar refractivity (Wildman–Crippen MR) is 136 cm³/mol. The fraction of sp³-hybridized carbons (Fsp3) is 0.292. The van der Waals surface area contributed by atoms with Crippen LogP contribution in [-0.2, 0) is 19.1 Å². The summed E-state index contributed by atoms with van der Waals surface area (Å²) in [5.74, 6) is -1.42. The zero-order chi connectivity index (χ0) is 25.5. The molecule has 3 amide bonds. The summed E-state index contributed by atoms with van der Waals surface area (Å²) in [6.07, 6.45) is -0.164. The molecule has 2 N–H and O–H groups in total. The molecule has 11 heteroatoms. The Hall–Kier alpha value is -3.50. The molecule has 9 nitrogen and oxygen atoms in total. The highest BCUT2D eigenvalue weighted by Crippen LogP contribution is 2.28. The minimum atomic E-state index is -0.856. The molecule has 184 valence electrons. The van der Waals surface area contributed by atoms with E-state index < -0.39 is 17.9 Å². The Morgan fingerprint density at radius 3 is 2.34 bits per heavy atom. The third kappa shape index (κ3) is 6.55. The van der Waals surface area contributed by atoms with Gasteiger partial charge in [0, 0.05) is 30.7 Å². The van der Waals surface area contributed by atoms with E-state index in [4.69, 9.17) is 28.6 Å². The average molecular weight is 517 g/mol. The van der Waals surface area contributed by atoms with E-state index in [0.717, 1.165) is 0 Å². The smallest absolute Gasteiger partial charge is 0.338 e. The molecule has 35 heavy (non-hydrogen) atoms. The molecule has 1 unspecified atom stereocenters. The lowest BCUT2D eigenvalue weighted by Crippen LogP contribution is -2.42. The molecule has 2 aromatic carbocycles. The highest BCUT2D eigenvalue weighted by molar-refractivity contribution is 7.80. The van der Waals surface area contributed by atoms with E-state index in [1.54, 1.807) is 60.4 Å². The molecule has 0 aliphatic carbocycles. The second-order valence-electron chi connectivity index (χ2n) is 7.67. The molecule has 0 radical (unpaired) electrons. The quantitative estimate of drug-likeness (QED) is 0.389. The second-order valence-corrected chi connectivity index (χ2v) is 8.48. The van der Waals surface area contributed by atoms with E-state index in [1.165, 1.54) is 11.8 Å². The molecule has 1 atom stereocenters. The van der Waals surface area contributed by atoms with Crippen LogP contribution >= 0.6 is 23.8 Å². The Kier molecular flexibility index (Phi) is 8.78. The van der Waals surface area contributed by atoms with E-state index >= 15 is 0 Å². The van der Waals surface area contributed by atoms with Crippen LogP contribution in [0.4, 0.5) is 11.4 Å². The van der Waals surface area contributed by atoms with Gasteiger partial charge in [-0.25, -0.2) is 4.79 Å². The van der Waals surface area contributed by atoms with Crippen LogP contribution < -0.4 is 15.5 Å². The van der Waals surface area contributed by atoms with Gasteiger partial charge in [-0.05, 0) is 67.7 Å². The van der Waals surface area contributed by atoms with Gasteiger partial charge in [0.1, 0.15) is 6.04 Å². The van der Waals surface area contributed by atoms with E-state index in [0.29, 0.717) is 22.0 Å². The molecule has 1 fully saturated rings. The first-order valence-corrected chi connectivity index (χ1v) is 11.7. The third-order valence-electron chi connectivity index (χ3n) is 5.19. The molecule has 0 saturated carbocycles. The van der Waals surface area contributed by atoms with Crippen LogP contribution in [0, 0.1) is 0 Å². The number of hydrogen-bond acceptors (Lipinski definition) is 6. The Morgan fingerprint density at radius 2 is 1.74 bits per heavy atom. The lowest BCUT2D eigenvalue weighted by atomic mass is 10.1. The van der Waals surface area contributed by atoms with Crippen molar-refractivity contribution in [2.24, 2.45) is 0 Å². The fourth-order valence-corrected chi connectivity index (χ4v) is 4.10. The summed E-state index contributed by atoms with van der Waals surface area (Å²) in [5.41, 5.74) is 1.37. The third-order valence-corrected chi connectivity index (χ3v) is 5.86. The molecule has 0 aromatic heterocycles. The summed E-state index contributed by atoms with van der Waals surface area (Å²) in [7, 11) is 0. The van der Waals surface area contributed by atoms with Gasteiger partial charge in [-0.1, -0.05) is 11.6 Å². The lowest BCUT2D eigenvalue weighted by molar-refractivity contribution is -0.124. The summed E-state index contributed by atoms with van der Waals surface area (Å²) >= 11 is 11.5. The van der Waals surface area contributed by atoms with Crippen molar-refractivity contribution >= 4 is 64.0 Å². The summed E-state index contributed by atoms with van der Waals surface area (Å²) in [4.78, 5) is 52.3. The number of carbonyl (C=O) groups is 4. The molecule has 2 aromatic rings. The maximum Gasteiger partial charge on any atom is 0.338 e. The number of halogens is 1. The van der Waals surface area contributed by atoms with Gasteiger partial charge in [-0.15, -0.1) is 0 Å². The average Bonchev–Trinajstić information content (AvgIpc) is 3.04. The highest BCUT2D eigenvalue weighted by atomic mass is 35.5. The van der Waals surface area contributed by atoms with E-state index in [2.05, 4.69) is 10.6 Å². The van der Waals surface area contributed by atoms with Crippen LogP contribution in [0.2, 0.25) is 5.02 Å². The number of nitrogens with zero attached hydrogens (tertiary/aromatic N) is 2. The van der Waals surface area contributed by atoms with Crippen molar-refractivity contribution in [3.8, 4) is 0 Å². The van der Waals surface area contributed by atoms with Crippen molar-refractivity contribution in [2.75, 3.05) is 29.9 Å². The molecular weight excluding hydrogens is 492 g/mol. The summed E-state index contributed by atoms with van der Waals surface area (Å²) in [5, 5.41) is 6.17. The number of amides is 3. The fourth-order valence-electron chi connectivity index (χ4n) is 3.56. The van der Waals surface area contributed by atoms with Gasteiger partial charge in [0.15, 0.2) is 5.11 Å². The van der Waals surface area contributed by atoms with Crippen LogP contribution in [-0.4, -0.2) is 59.4 Å². The maximum absolute atomic E-state index is 13.3. The van der Waals surface area contributed by atoms with Crippen LogP contribution in [0.25, 0.3) is 0 Å². The van der Waals surface area contributed by atoms with Crippen molar-refractivity contribution in [2.45, 2.75) is 26.3 Å². The Balaban J connectivity index is 1.74. The number of benzene rings is 2. The van der Waals surface area contributed by atoms with Gasteiger partial charge in [-0.3, -0.25) is 19.3 Å². The predicted octanol–water partition coefficient (Wildman–Crippen LogP) is 2.98. The minimum absolute atomic E-state index is 0.164. The van der Waals surface area contributed by atoms with Crippen LogP contribution in [0.5, 0.6) is 0 Å². The Bertz CT molecular complexity index is 1120. The monoisotopic (exact) mass is 516 g/mol. The molecule has 1 aliphatic rings. The number of anilines is 2. The first-order chi connectivity index (χ1) is 16.7. The van der Waals surface area contributed by atoms with Crippen molar-refractivity contribution in [3.63, 3.8) is 0 Å². The number of thiocarbonyl (C=S) groups is 1. The van der Waals surface area contributed by atoms with Crippen molar-refractivity contribution in [3.05, 3.63) is 59.1 Å². The Labute approximate surface area is 213 Å². The van der Waals surface area contributed by atoms with E-state index in [1.807, 2.05) is 0 Å². The SMILES string of the molecule is CCOC(=O)c1ccc(NC(=O)CC2C(=O)N(c3ccc(Cl)cc3)C(=S)N2CCNC(C)=O)cc1. The standard InChI is InChI=1S/C24H25ClN4O5S/c1-3-34-23(33)16-4-8-18(9-5-16)27-21(31)14-20-22(32)29(19-10-6-17(25)7-11-19)24(35)28(20)13-12-26-15(2)30/h4-11,20H,3,12-14H2,1-2H3,(H,26,30)(H,27,31). The maximum atomic E-state index is 13.3. The van der Waals surface area contributed by atoms with Gasteiger partial charge in [-0.2, -0.15) is 0 Å². The Morgan fingerprint density at radius 1 is 1.09 bits per heavy atom. The second kappa shape index (κ2) is 11.8. The number of rotatable bonds is 9. The largest absolute Gasteiger partial charge is 0.462 e. The van der Waals surface area contributed by atoms with E-state index in [9.17, 15) is 19.2 Å². The van der Waals surface area contributed by atoms with Crippen LogP contribution in [0.3, 0.4) is 0 Å². The topological polar surface area (TPSA) is 108 Å². The molecule has 1 aliphatic heterocycles. The number of hydrogen-bond donors (Lipinski definition) is 2. The van der Waals surface area contributed by atoms with Crippen LogP contribution in [0.1, 0.15) is 30.6 Å². The minimum Gasteiger partial charge on any atom is -0.462 e. The zero-order valence-corrected chi connectivity index (χ0v) is 20.8. The lowest BCUT2D eigenvalue weighted by Gasteiger charge is -2.24. The van der Waals surface area contributed by atoms with Gasteiger partial charge in [0.05, 0.1) is 24.3 Å². The summed E-state index contributed by atoms with van der Waals surface area (Å²) in [6, 6.07) is 12.0. The summed E-state index contributed by atoms with van der Waals surface area (Å²) < 4.78 is 4.95. The summed E-state index contributed by atoms with van der Waals surface area (Å²) in [6.45, 7) is 3.88. The van der Waals surface area contributed by atoms with Crippen molar-refractivity contribution < 1.29 is 23.9 Å². The van der Waals surface area contributed by atoms with Gasteiger partial charge < -0.3 is 20.3 Å². The van der Waals surface area contributed by atoms with E-state index in [-0.39, 0.29) is 43.0 Å². The first kappa shape index (κ1) is 26.1. The molecule has 3 rings (SSSR count). The number of nitrogens with one attached hydrogen (secondary N) is 2. The van der Waals surface area contributed by atoms with Gasteiger partial charge in [0.25, 0.3) is 5.91 Å². The molecule has 1 heterocycles. The zero-order valence-electron chi connectivity index (χ0n) is 19.2. The first-order valence-electron chi connectivity index (χ1n) is 10.9. The van der Waals surface area contributed by atoms with Crippen molar-refractivity contribution in [1.29, 1.82) is 0 Å². The van der Waals surface area contributed by atoms with Gasteiger partial charge >= 0.3 is 5.97 Å². The molecule has 1 saturated heterocycles. The number of ether oxygens (including phenoxy) is 1. The van der Waals surface area contributed by atoms with Crippen molar-refractivity contribution in [1.82, 2.24) is 10.2 Å².